The first-order chi connectivity index (χ1) is 11.1. The molecular formula is C17H19N3O3. The van der Waals surface area contributed by atoms with Gasteiger partial charge in [-0.05, 0) is 12.3 Å². The quantitative estimate of drug-likeness (QED) is 0.910. The number of amides is 1. The molecule has 1 aliphatic rings. The van der Waals surface area contributed by atoms with E-state index in [0.29, 0.717) is 24.2 Å². The highest BCUT2D eigenvalue weighted by atomic mass is 16.4. The Balaban J connectivity index is 1.87. The second kappa shape index (κ2) is 6.24. The molecule has 2 heterocycles. The predicted octanol–water partition coefficient (Wildman–Crippen LogP) is 2.26. The fourth-order valence-electron chi connectivity index (χ4n) is 3.14. The van der Waals surface area contributed by atoms with Gasteiger partial charge < -0.3 is 10.0 Å². The molecule has 23 heavy (non-hydrogen) atoms. The van der Waals surface area contributed by atoms with Gasteiger partial charge in [0.2, 0.25) is 0 Å². The molecule has 1 amide bonds. The van der Waals surface area contributed by atoms with E-state index in [1.54, 1.807) is 4.90 Å². The van der Waals surface area contributed by atoms with Gasteiger partial charge in [0, 0.05) is 18.7 Å². The number of carbonyl (C=O) groups is 2. The van der Waals surface area contributed by atoms with E-state index < -0.39 is 11.9 Å². The topological polar surface area (TPSA) is 86.3 Å². The Kier molecular flexibility index (Phi) is 4.14. The number of benzene rings is 1. The Hall–Kier alpha value is -2.63. The number of hydrogen-bond donors (Lipinski definition) is 2. The molecule has 1 saturated heterocycles. The molecule has 2 atom stereocenters. The molecule has 0 saturated carbocycles. The van der Waals surface area contributed by atoms with E-state index in [9.17, 15) is 14.7 Å². The van der Waals surface area contributed by atoms with Gasteiger partial charge in [-0.15, -0.1) is 0 Å². The molecule has 0 spiro atoms. The summed E-state index contributed by atoms with van der Waals surface area (Å²) in [5.41, 5.74) is 2.03. The van der Waals surface area contributed by atoms with E-state index >= 15 is 0 Å². The molecule has 1 fully saturated rings. The van der Waals surface area contributed by atoms with Crippen molar-refractivity contribution in [1.29, 1.82) is 0 Å². The van der Waals surface area contributed by atoms with E-state index in [1.165, 1.54) is 6.20 Å². The Morgan fingerprint density at radius 3 is 2.70 bits per heavy atom. The van der Waals surface area contributed by atoms with Crippen molar-refractivity contribution in [3.63, 3.8) is 0 Å². The maximum absolute atomic E-state index is 12.8. The lowest BCUT2D eigenvalue weighted by atomic mass is 9.90. The number of aliphatic carboxylic acids is 1. The monoisotopic (exact) mass is 313 g/mol. The maximum atomic E-state index is 12.8. The van der Waals surface area contributed by atoms with Crippen LogP contribution in [-0.4, -0.2) is 45.2 Å². The third kappa shape index (κ3) is 3.11. The molecule has 1 aromatic carbocycles. The van der Waals surface area contributed by atoms with Crippen LogP contribution in [0.25, 0.3) is 11.3 Å². The summed E-state index contributed by atoms with van der Waals surface area (Å²) < 4.78 is 0. The number of nitrogens with one attached hydrogen (secondary N) is 1. The Bertz CT molecular complexity index is 711. The fourth-order valence-corrected chi connectivity index (χ4v) is 3.14. The summed E-state index contributed by atoms with van der Waals surface area (Å²) in [7, 11) is 0. The predicted molar refractivity (Wildman–Crippen MR) is 84.8 cm³/mol. The van der Waals surface area contributed by atoms with E-state index in [1.807, 2.05) is 37.3 Å². The van der Waals surface area contributed by atoms with Crippen molar-refractivity contribution in [3.05, 3.63) is 42.1 Å². The smallest absolute Gasteiger partial charge is 0.308 e. The van der Waals surface area contributed by atoms with Crippen LogP contribution in [0, 0.1) is 11.8 Å². The zero-order chi connectivity index (χ0) is 16.4. The second-order valence-corrected chi connectivity index (χ2v) is 6.11. The molecule has 2 N–H and O–H groups in total. The van der Waals surface area contributed by atoms with Gasteiger partial charge >= 0.3 is 5.97 Å². The standard InChI is InChI=1S/C17H19N3O3/c1-11-7-13(17(22)23)10-20(9-11)16(21)14-8-18-19-15(14)12-5-3-2-4-6-12/h2-6,8,11,13H,7,9-10H2,1H3,(H,18,19)(H,22,23). The first-order valence-electron chi connectivity index (χ1n) is 7.67. The summed E-state index contributed by atoms with van der Waals surface area (Å²) in [5, 5.41) is 16.1. The Morgan fingerprint density at radius 2 is 2.00 bits per heavy atom. The molecule has 6 nitrogen and oxygen atoms in total. The lowest BCUT2D eigenvalue weighted by Crippen LogP contribution is -2.45. The van der Waals surface area contributed by atoms with Crippen molar-refractivity contribution < 1.29 is 14.7 Å². The molecule has 2 aromatic rings. The lowest BCUT2D eigenvalue weighted by molar-refractivity contribution is -0.143. The average Bonchev–Trinajstić information content (AvgIpc) is 3.04. The number of likely N-dealkylation sites (tertiary alicyclic amines) is 1. The van der Waals surface area contributed by atoms with E-state index in [2.05, 4.69) is 10.2 Å². The van der Waals surface area contributed by atoms with E-state index in [0.717, 1.165) is 5.56 Å². The highest BCUT2D eigenvalue weighted by molar-refractivity contribution is 6.00. The van der Waals surface area contributed by atoms with Crippen molar-refractivity contribution in [1.82, 2.24) is 15.1 Å². The van der Waals surface area contributed by atoms with Gasteiger partial charge in [-0.1, -0.05) is 37.3 Å². The largest absolute Gasteiger partial charge is 0.481 e. The summed E-state index contributed by atoms with van der Waals surface area (Å²) >= 11 is 0. The first-order valence-corrected chi connectivity index (χ1v) is 7.67. The second-order valence-electron chi connectivity index (χ2n) is 6.11. The number of nitrogens with zero attached hydrogens (tertiary/aromatic N) is 2. The summed E-state index contributed by atoms with van der Waals surface area (Å²) in [4.78, 5) is 25.8. The molecular weight excluding hydrogens is 294 g/mol. The van der Waals surface area contributed by atoms with E-state index in [-0.39, 0.29) is 18.4 Å². The minimum Gasteiger partial charge on any atom is -0.481 e. The number of hydrogen-bond acceptors (Lipinski definition) is 3. The molecule has 120 valence electrons. The molecule has 0 bridgehead atoms. The summed E-state index contributed by atoms with van der Waals surface area (Å²) in [6.07, 6.45) is 2.12. The third-order valence-corrected chi connectivity index (χ3v) is 4.23. The summed E-state index contributed by atoms with van der Waals surface area (Å²) in [6, 6.07) is 9.51. The zero-order valence-electron chi connectivity index (χ0n) is 12.9. The Labute approximate surface area is 134 Å². The number of carbonyl (C=O) groups excluding carboxylic acids is 1. The SMILES string of the molecule is CC1CC(C(=O)O)CN(C(=O)c2cn[nH]c2-c2ccccc2)C1. The molecule has 6 heteroatoms. The van der Waals surface area contributed by atoms with Crippen molar-refractivity contribution in [3.8, 4) is 11.3 Å². The molecule has 0 aliphatic carbocycles. The minimum atomic E-state index is -0.843. The van der Waals surface area contributed by atoms with Crippen LogP contribution in [0.3, 0.4) is 0 Å². The van der Waals surface area contributed by atoms with Gasteiger partial charge in [-0.2, -0.15) is 5.10 Å². The lowest BCUT2D eigenvalue weighted by Gasteiger charge is -2.34. The van der Waals surface area contributed by atoms with Crippen LogP contribution in [0.5, 0.6) is 0 Å². The zero-order valence-corrected chi connectivity index (χ0v) is 12.9. The number of carboxylic acid groups (broad SMARTS) is 1. The fraction of sp³-hybridized carbons (Fsp3) is 0.353. The summed E-state index contributed by atoms with van der Waals surface area (Å²) in [6.45, 7) is 2.79. The van der Waals surface area contributed by atoms with Crippen LogP contribution in [-0.2, 0) is 4.79 Å². The van der Waals surface area contributed by atoms with Crippen molar-refractivity contribution in [2.75, 3.05) is 13.1 Å². The highest BCUT2D eigenvalue weighted by Gasteiger charge is 2.33. The third-order valence-electron chi connectivity index (χ3n) is 4.23. The van der Waals surface area contributed by atoms with Gasteiger partial charge in [-0.25, -0.2) is 0 Å². The molecule has 2 unspecified atom stereocenters. The maximum Gasteiger partial charge on any atom is 0.308 e. The van der Waals surface area contributed by atoms with Gasteiger partial charge in [0.05, 0.1) is 23.4 Å². The van der Waals surface area contributed by atoms with E-state index in [4.69, 9.17) is 0 Å². The van der Waals surface area contributed by atoms with Crippen LogP contribution in [0.15, 0.2) is 36.5 Å². The molecule has 1 aliphatic heterocycles. The summed E-state index contributed by atoms with van der Waals surface area (Å²) in [5.74, 6) is -1.35. The number of aromatic nitrogens is 2. The van der Waals surface area contributed by atoms with Crippen molar-refractivity contribution in [2.24, 2.45) is 11.8 Å². The number of H-pyrrole nitrogens is 1. The van der Waals surface area contributed by atoms with Gasteiger partial charge in [0.25, 0.3) is 5.91 Å². The van der Waals surface area contributed by atoms with Crippen LogP contribution in [0.4, 0.5) is 0 Å². The molecule has 3 rings (SSSR count). The number of piperidine rings is 1. The van der Waals surface area contributed by atoms with Crippen LogP contribution < -0.4 is 0 Å². The van der Waals surface area contributed by atoms with Gasteiger partial charge in [-0.3, -0.25) is 14.7 Å². The van der Waals surface area contributed by atoms with Crippen LogP contribution in [0.1, 0.15) is 23.7 Å². The first kappa shape index (κ1) is 15.3. The highest BCUT2D eigenvalue weighted by Crippen LogP contribution is 2.26. The van der Waals surface area contributed by atoms with Crippen LogP contribution in [0.2, 0.25) is 0 Å². The molecule has 1 aromatic heterocycles. The number of carboxylic acids is 1. The number of aromatic amines is 1. The van der Waals surface area contributed by atoms with Crippen LogP contribution >= 0.6 is 0 Å². The van der Waals surface area contributed by atoms with Crippen molar-refractivity contribution >= 4 is 11.9 Å². The molecule has 0 radical (unpaired) electrons. The minimum absolute atomic E-state index is 0.167. The van der Waals surface area contributed by atoms with Crippen molar-refractivity contribution in [2.45, 2.75) is 13.3 Å². The normalized spacial score (nSPS) is 21.2. The van der Waals surface area contributed by atoms with Gasteiger partial charge in [0.15, 0.2) is 0 Å². The Morgan fingerprint density at radius 1 is 1.26 bits per heavy atom. The number of rotatable bonds is 3. The van der Waals surface area contributed by atoms with Gasteiger partial charge in [0.1, 0.15) is 0 Å². The average molecular weight is 313 g/mol.